The van der Waals surface area contributed by atoms with Gasteiger partial charge < -0.3 is 20.3 Å². The number of para-hydroxylation sites is 2. The number of aromatic nitrogens is 2. The third kappa shape index (κ3) is 2.30. The maximum absolute atomic E-state index is 10.1. The van der Waals surface area contributed by atoms with E-state index in [4.69, 9.17) is 15.2 Å². The van der Waals surface area contributed by atoms with Crippen LogP contribution in [0.1, 0.15) is 11.7 Å². The molecule has 8 nitrogen and oxygen atoms in total. The molecule has 1 aliphatic rings. The van der Waals surface area contributed by atoms with Crippen LogP contribution in [0, 0.1) is 0 Å². The Morgan fingerprint density at radius 1 is 1.16 bits per heavy atom. The number of nitrogens with two attached hydrogens (primary N) is 1. The molecule has 4 rings (SSSR count). The average Bonchev–Trinajstić information content (AvgIpc) is 2.99. The Morgan fingerprint density at radius 2 is 1.84 bits per heavy atom. The number of anilines is 1. The maximum atomic E-state index is 10.1. The molecule has 0 aliphatic carbocycles. The minimum absolute atomic E-state index is 0.0599. The molecule has 4 N–H and O–H groups in total. The number of hydrogen-bond acceptors (Lipinski definition) is 7. The summed E-state index contributed by atoms with van der Waals surface area (Å²) in [7, 11) is 2.97. The van der Waals surface area contributed by atoms with Gasteiger partial charge >= 0.3 is 0 Å². The van der Waals surface area contributed by atoms with Gasteiger partial charge in [0.1, 0.15) is 0 Å². The van der Waals surface area contributed by atoms with E-state index in [0.717, 1.165) is 16.6 Å². The van der Waals surface area contributed by atoms with Crippen LogP contribution in [0.4, 0.5) is 5.95 Å². The van der Waals surface area contributed by atoms with Crippen molar-refractivity contribution in [1.82, 2.24) is 9.55 Å². The number of nitrogens with one attached hydrogen (secondary N) is 1. The standard InChI is InChI=1S/C17H17N5O3/c1-24-12-7-9(8-13(25-2)14(12)23)15-20-16(18)21-17-19-10-5-3-4-6-11(10)22(15)17/h3-8,15,23H,1-2H3,(H3,18,19,20,21)/t15-/m0/s1. The molecule has 0 amide bonds. The molecule has 1 aliphatic heterocycles. The Morgan fingerprint density at radius 3 is 2.52 bits per heavy atom. The number of fused-ring (bicyclic) bond motifs is 3. The second-order valence-electron chi connectivity index (χ2n) is 5.58. The molecule has 2 aromatic carbocycles. The Kier molecular flexibility index (Phi) is 3.38. The predicted molar refractivity (Wildman–Crippen MR) is 94.3 cm³/mol. The van der Waals surface area contributed by atoms with E-state index in [1.54, 1.807) is 12.1 Å². The summed E-state index contributed by atoms with van der Waals surface area (Å²) in [5.74, 6) is 1.40. The number of methoxy groups -OCH3 is 2. The largest absolute Gasteiger partial charge is 0.502 e. The zero-order chi connectivity index (χ0) is 17.6. The van der Waals surface area contributed by atoms with Crippen molar-refractivity contribution in [2.24, 2.45) is 10.7 Å². The van der Waals surface area contributed by atoms with Crippen LogP contribution in [0.15, 0.2) is 41.4 Å². The number of imidazole rings is 1. The fraction of sp³-hybridized carbons (Fsp3) is 0.176. The van der Waals surface area contributed by atoms with Gasteiger partial charge in [-0.25, -0.2) is 9.98 Å². The molecule has 0 unspecified atom stereocenters. The minimum atomic E-state index is -0.466. The lowest BCUT2D eigenvalue weighted by Gasteiger charge is -2.24. The number of aromatic hydroxyl groups is 1. The van der Waals surface area contributed by atoms with Crippen molar-refractivity contribution >= 4 is 22.9 Å². The fourth-order valence-corrected chi connectivity index (χ4v) is 3.00. The molecule has 3 aromatic rings. The van der Waals surface area contributed by atoms with Crippen molar-refractivity contribution in [2.75, 3.05) is 19.5 Å². The van der Waals surface area contributed by atoms with Crippen LogP contribution in [0.25, 0.3) is 11.0 Å². The van der Waals surface area contributed by atoms with Crippen molar-refractivity contribution in [3.8, 4) is 17.2 Å². The van der Waals surface area contributed by atoms with E-state index in [-0.39, 0.29) is 11.7 Å². The number of rotatable bonds is 3. The van der Waals surface area contributed by atoms with Crippen LogP contribution in [0.5, 0.6) is 17.2 Å². The van der Waals surface area contributed by atoms with Gasteiger partial charge in [0.25, 0.3) is 0 Å². The highest BCUT2D eigenvalue weighted by atomic mass is 16.5. The molecular formula is C17H17N5O3. The topological polar surface area (TPSA) is 107 Å². The van der Waals surface area contributed by atoms with Crippen LogP contribution in [0.2, 0.25) is 0 Å². The highest BCUT2D eigenvalue weighted by Gasteiger charge is 2.27. The van der Waals surface area contributed by atoms with Gasteiger partial charge in [-0.05, 0) is 24.3 Å². The first-order valence-corrected chi connectivity index (χ1v) is 7.64. The number of guanidine groups is 1. The third-order valence-electron chi connectivity index (χ3n) is 4.14. The molecule has 0 saturated heterocycles. The summed E-state index contributed by atoms with van der Waals surface area (Å²) in [6.45, 7) is 0. The Labute approximate surface area is 143 Å². The number of nitrogens with zero attached hydrogens (tertiary/aromatic N) is 3. The number of aliphatic imine (C=N–C) groups is 1. The summed E-state index contributed by atoms with van der Waals surface area (Å²) >= 11 is 0. The molecule has 2 heterocycles. The van der Waals surface area contributed by atoms with E-state index in [2.05, 4.69) is 15.3 Å². The van der Waals surface area contributed by atoms with E-state index >= 15 is 0 Å². The third-order valence-corrected chi connectivity index (χ3v) is 4.14. The van der Waals surface area contributed by atoms with Crippen LogP contribution in [-0.4, -0.2) is 34.8 Å². The second kappa shape index (κ2) is 5.59. The molecular weight excluding hydrogens is 322 g/mol. The quantitative estimate of drug-likeness (QED) is 0.674. The number of phenolic OH excluding ortho intramolecular Hbond substituents is 1. The first-order chi connectivity index (χ1) is 12.1. The average molecular weight is 339 g/mol. The van der Waals surface area contributed by atoms with Crippen LogP contribution in [0.3, 0.4) is 0 Å². The molecule has 1 atom stereocenters. The lowest BCUT2D eigenvalue weighted by atomic mass is 10.1. The molecule has 0 bridgehead atoms. The van der Waals surface area contributed by atoms with Crippen molar-refractivity contribution in [2.45, 2.75) is 6.17 Å². The molecule has 0 fully saturated rings. The highest BCUT2D eigenvalue weighted by Crippen LogP contribution is 2.41. The van der Waals surface area contributed by atoms with Crippen LogP contribution < -0.4 is 20.5 Å². The Hall–Kier alpha value is -3.42. The van der Waals surface area contributed by atoms with Gasteiger partial charge in [-0.1, -0.05) is 12.1 Å². The first-order valence-electron chi connectivity index (χ1n) is 7.64. The monoisotopic (exact) mass is 339 g/mol. The zero-order valence-corrected chi connectivity index (χ0v) is 13.7. The first kappa shape index (κ1) is 15.1. The summed E-state index contributed by atoms with van der Waals surface area (Å²) in [6, 6.07) is 11.2. The second-order valence-corrected chi connectivity index (χ2v) is 5.58. The fourth-order valence-electron chi connectivity index (χ4n) is 3.00. The summed E-state index contributed by atoms with van der Waals surface area (Å²) < 4.78 is 12.4. The van der Waals surface area contributed by atoms with Gasteiger partial charge in [0, 0.05) is 5.56 Å². The van der Waals surface area contributed by atoms with Gasteiger partial charge in [0.15, 0.2) is 23.6 Å². The number of phenols is 1. The summed E-state index contributed by atoms with van der Waals surface area (Å²) in [5.41, 5.74) is 8.44. The molecule has 25 heavy (non-hydrogen) atoms. The summed E-state index contributed by atoms with van der Waals surface area (Å²) in [6.07, 6.45) is -0.466. The van der Waals surface area contributed by atoms with Gasteiger partial charge in [0.05, 0.1) is 25.3 Å². The smallest absolute Gasteiger partial charge is 0.212 e. The molecule has 8 heteroatoms. The van der Waals surface area contributed by atoms with E-state index in [9.17, 15) is 5.11 Å². The normalized spacial score (nSPS) is 16.1. The number of ether oxygens (including phenoxy) is 2. The molecule has 128 valence electrons. The van der Waals surface area contributed by atoms with Gasteiger partial charge in [-0.15, -0.1) is 0 Å². The lowest BCUT2D eigenvalue weighted by molar-refractivity contribution is 0.338. The van der Waals surface area contributed by atoms with Gasteiger partial charge in [0.2, 0.25) is 11.7 Å². The van der Waals surface area contributed by atoms with E-state index < -0.39 is 6.17 Å². The van der Waals surface area contributed by atoms with E-state index in [1.165, 1.54) is 14.2 Å². The zero-order valence-electron chi connectivity index (χ0n) is 13.7. The number of benzene rings is 2. The summed E-state index contributed by atoms with van der Waals surface area (Å²) in [5, 5.41) is 13.1. The molecule has 0 saturated carbocycles. The summed E-state index contributed by atoms with van der Waals surface area (Å²) in [4.78, 5) is 9.07. The van der Waals surface area contributed by atoms with Gasteiger partial charge in [-0.2, -0.15) is 0 Å². The van der Waals surface area contributed by atoms with Crippen molar-refractivity contribution in [1.29, 1.82) is 0 Å². The van der Waals surface area contributed by atoms with Crippen LogP contribution in [-0.2, 0) is 0 Å². The maximum Gasteiger partial charge on any atom is 0.212 e. The lowest BCUT2D eigenvalue weighted by Crippen LogP contribution is -2.31. The molecule has 0 spiro atoms. The van der Waals surface area contributed by atoms with Crippen LogP contribution >= 0.6 is 0 Å². The Bertz CT molecular complexity index is 970. The minimum Gasteiger partial charge on any atom is -0.502 e. The van der Waals surface area contributed by atoms with Crippen molar-refractivity contribution < 1.29 is 14.6 Å². The Balaban J connectivity index is 1.95. The van der Waals surface area contributed by atoms with E-state index in [1.807, 2.05) is 28.8 Å². The highest BCUT2D eigenvalue weighted by molar-refractivity contribution is 5.94. The van der Waals surface area contributed by atoms with Crippen molar-refractivity contribution in [3.05, 3.63) is 42.0 Å². The molecule has 0 radical (unpaired) electrons. The van der Waals surface area contributed by atoms with E-state index in [0.29, 0.717) is 17.4 Å². The van der Waals surface area contributed by atoms with Gasteiger partial charge in [-0.3, -0.25) is 9.88 Å². The SMILES string of the molecule is COc1cc([C@H]2N=C(N)Nc3nc4ccccc4n32)cc(OC)c1O. The predicted octanol–water partition coefficient (Wildman–Crippen LogP) is 2.05. The molecule has 1 aromatic heterocycles. The number of hydrogen-bond donors (Lipinski definition) is 3. The van der Waals surface area contributed by atoms with Crippen molar-refractivity contribution in [3.63, 3.8) is 0 Å².